The molecule has 1 fully saturated rings. The minimum Gasteiger partial charge on any atom is -0.354 e. The number of aromatic amines is 1. The first-order chi connectivity index (χ1) is 11.2. The van der Waals surface area contributed by atoms with Crippen molar-refractivity contribution in [2.24, 2.45) is 0 Å². The van der Waals surface area contributed by atoms with Gasteiger partial charge in [0.15, 0.2) is 11.5 Å². The maximum atomic E-state index is 4.48. The van der Waals surface area contributed by atoms with Crippen LogP contribution in [0.25, 0.3) is 11.2 Å². The third-order valence-corrected chi connectivity index (χ3v) is 4.45. The van der Waals surface area contributed by atoms with Gasteiger partial charge in [-0.1, -0.05) is 0 Å². The Kier molecular flexibility index (Phi) is 3.44. The largest absolute Gasteiger partial charge is 0.354 e. The molecule has 4 rings (SSSR count). The van der Waals surface area contributed by atoms with Gasteiger partial charge >= 0.3 is 0 Å². The SMILES string of the molecule is CC(C)n1cnnc1C1CCCN(c2ncnc3nc[nH]c23)C1. The highest BCUT2D eigenvalue weighted by Gasteiger charge is 2.27. The summed E-state index contributed by atoms with van der Waals surface area (Å²) in [6, 6.07) is 0.369. The van der Waals surface area contributed by atoms with Gasteiger partial charge in [0.1, 0.15) is 24.0 Å². The molecule has 23 heavy (non-hydrogen) atoms. The molecule has 0 spiro atoms. The Morgan fingerprint density at radius 2 is 2.17 bits per heavy atom. The second-order valence-electron chi connectivity index (χ2n) is 6.27. The number of rotatable bonds is 3. The molecule has 0 radical (unpaired) electrons. The van der Waals surface area contributed by atoms with Crippen LogP contribution in [-0.4, -0.2) is 47.8 Å². The summed E-state index contributed by atoms with van der Waals surface area (Å²) in [6.45, 7) is 6.19. The molecule has 0 amide bonds. The van der Waals surface area contributed by atoms with Crippen molar-refractivity contribution in [2.75, 3.05) is 18.0 Å². The van der Waals surface area contributed by atoms with Crippen LogP contribution in [0.1, 0.15) is 44.5 Å². The van der Waals surface area contributed by atoms with Crippen molar-refractivity contribution in [2.45, 2.75) is 38.6 Å². The number of hydrogen-bond donors (Lipinski definition) is 1. The Morgan fingerprint density at radius 1 is 1.26 bits per heavy atom. The number of H-pyrrole nitrogens is 1. The Morgan fingerprint density at radius 3 is 3.04 bits per heavy atom. The lowest BCUT2D eigenvalue weighted by Gasteiger charge is -2.33. The first-order valence-electron chi connectivity index (χ1n) is 8.02. The van der Waals surface area contributed by atoms with E-state index in [1.54, 1.807) is 12.7 Å². The topological polar surface area (TPSA) is 88.4 Å². The highest BCUT2D eigenvalue weighted by atomic mass is 15.3. The standard InChI is InChI=1S/C15H20N8/c1-10(2)23-9-20-21-14(23)11-4-3-5-22(6-11)15-12-13(17-7-16-12)18-8-19-15/h7-11H,3-6H2,1-2H3,(H,16,17,18,19). The van der Waals surface area contributed by atoms with Crippen LogP contribution in [-0.2, 0) is 0 Å². The van der Waals surface area contributed by atoms with Crippen molar-refractivity contribution in [1.29, 1.82) is 0 Å². The molecule has 1 N–H and O–H groups in total. The number of anilines is 1. The number of imidazole rings is 1. The van der Waals surface area contributed by atoms with Crippen molar-refractivity contribution in [3.63, 3.8) is 0 Å². The van der Waals surface area contributed by atoms with Crippen LogP contribution in [0.2, 0.25) is 0 Å². The summed E-state index contributed by atoms with van der Waals surface area (Å²) in [6.07, 6.45) is 7.31. The van der Waals surface area contributed by atoms with Gasteiger partial charge in [-0.3, -0.25) is 0 Å². The third-order valence-electron chi connectivity index (χ3n) is 4.45. The quantitative estimate of drug-likeness (QED) is 0.794. The maximum Gasteiger partial charge on any atom is 0.182 e. The van der Waals surface area contributed by atoms with Gasteiger partial charge in [-0.2, -0.15) is 0 Å². The van der Waals surface area contributed by atoms with Crippen molar-refractivity contribution in [3.8, 4) is 0 Å². The summed E-state index contributed by atoms with van der Waals surface area (Å²) in [5.74, 6) is 2.36. The normalized spacial score (nSPS) is 18.9. The molecule has 3 aromatic rings. The predicted octanol–water partition coefficient (Wildman–Crippen LogP) is 1.91. The van der Waals surface area contributed by atoms with Gasteiger partial charge in [-0.15, -0.1) is 10.2 Å². The molecule has 1 saturated heterocycles. The van der Waals surface area contributed by atoms with Crippen LogP contribution in [0.3, 0.4) is 0 Å². The highest BCUT2D eigenvalue weighted by Crippen LogP contribution is 2.31. The van der Waals surface area contributed by atoms with E-state index >= 15 is 0 Å². The summed E-state index contributed by atoms with van der Waals surface area (Å²) >= 11 is 0. The minimum atomic E-state index is 0.363. The molecule has 0 bridgehead atoms. The van der Waals surface area contributed by atoms with Crippen LogP contribution in [0.5, 0.6) is 0 Å². The van der Waals surface area contributed by atoms with Crippen LogP contribution in [0, 0.1) is 0 Å². The van der Waals surface area contributed by atoms with Gasteiger partial charge in [0.05, 0.1) is 6.33 Å². The fourth-order valence-electron chi connectivity index (χ4n) is 3.31. The zero-order valence-electron chi connectivity index (χ0n) is 13.3. The van der Waals surface area contributed by atoms with Gasteiger partial charge in [0.25, 0.3) is 0 Å². The van der Waals surface area contributed by atoms with Gasteiger partial charge < -0.3 is 14.5 Å². The van der Waals surface area contributed by atoms with Crippen LogP contribution >= 0.6 is 0 Å². The van der Waals surface area contributed by atoms with Crippen LogP contribution < -0.4 is 4.90 Å². The molecular formula is C15H20N8. The summed E-state index contributed by atoms with van der Waals surface area (Å²) < 4.78 is 2.17. The fraction of sp³-hybridized carbons (Fsp3) is 0.533. The molecule has 1 aliphatic rings. The summed E-state index contributed by atoms with van der Waals surface area (Å²) in [7, 11) is 0. The van der Waals surface area contributed by atoms with E-state index in [-0.39, 0.29) is 0 Å². The van der Waals surface area contributed by atoms with E-state index < -0.39 is 0 Å². The number of piperidine rings is 1. The van der Waals surface area contributed by atoms with E-state index in [0.717, 1.165) is 43.1 Å². The average Bonchev–Trinajstić information content (AvgIpc) is 3.23. The minimum absolute atomic E-state index is 0.363. The van der Waals surface area contributed by atoms with Crippen molar-refractivity contribution in [1.82, 2.24) is 34.7 Å². The lowest BCUT2D eigenvalue weighted by Crippen LogP contribution is -2.36. The highest BCUT2D eigenvalue weighted by molar-refractivity contribution is 5.82. The molecule has 0 aromatic carbocycles. The van der Waals surface area contributed by atoms with E-state index in [9.17, 15) is 0 Å². The van der Waals surface area contributed by atoms with E-state index in [4.69, 9.17) is 0 Å². The van der Waals surface area contributed by atoms with E-state index in [0.29, 0.717) is 17.6 Å². The molecule has 8 heteroatoms. The summed E-state index contributed by atoms with van der Waals surface area (Å²) in [4.78, 5) is 18.3. The Balaban J connectivity index is 1.65. The monoisotopic (exact) mass is 312 g/mol. The zero-order valence-corrected chi connectivity index (χ0v) is 13.3. The Labute approximate surface area is 134 Å². The molecule has 8 nitrogen and oxygen atoms in total. The first-order valence-corrected chi connectivity index (χ1v) is 8.02. The van der Waals surface area contributed by atoms with Crippen LogP contribution in [0.4, 0.5) is 5.82 Å². The predicted molar refractivity (Wildman–Crippen MR) is 86.3 cm³/mol. The number of nitrogens with one attached hydrogen (secondary N) is 1. The summed E-state index contributed by atoms with van der Waals surface area (Å²) in [5, 5.41) is 8.49. The van der Waals surface area contributed by atoms with Gasteiger partial charge in [0, 0.05) is 25.0 Å². The number of nitrogens with zero attached hydrogens (tertiary/aromatic N) is 7. The van der Waals surface area contributed by atoms with E-state index in [2.05, 4.69) is 53.4 Å². The average molecular weight is 312 g/mol. The maximum absolute atomic E-state index is 4.48. The molecule has 1 unspecified atom stereocenters. The molecule has 0 saturated carbocycles. The van der Waals surface area contributed by atoms with Gasteiger partial charge in [-0.25, -0.2) is 15.0 Å². The van der Waals surface area contributed by atoms with E-state index in [1.807, 2.05) is 6.33 Å². The lowest BCUT2D eigenvalue weighted by molar-refractivity contribution is 0.453. The second kappa shape index (κ2) is 5.60. The molecule has 0 aliphatic carbocycles. The molecule has 3 aromatic heterocycles. The third kappa shape index (κ3) is 2.43. The molecule has 1 atom stereocenters. The molecule has 120 valence electrons. The van der Waals surface area contributed by atoms with E-state index in [1.165, 1.54) is 0 Å². The summed E-state index contributed by atoms with van der Waals surface area (Å²) in [5.41, 5.74) is 1.61. The Bertz CT molecular complexity index is 805. The van der Waals surface area contributed by atoms with Crippen LogP contribution in [0.15, 0.2) is 19.0 Å². The number of hydrogen-bond acceptors (Lipinski definition) is 6. The Hall–Kier alpha value is -2.51. The van der Waals surface area contributed by atoms with Crippen molar-refractivity contribution < 1.29 is 0 Å². The van der Waals surface area contributed by atoms with Gasteiger partial charge in [0.2, 0.25) is 0 Å². The lowest BCUT2D eigenvalue weighted by atomic mass is 9.97. The second-order valence-corrected chi connectivity index (χ2v) is 6.27. The number of fused-ring (bicyclic) bond motifs is 1. The van der Waals surface area contributed by atoms with Crippen molar-refractivity contribution >= 4 is 17.0 Å². The molecule has 4 heterocycles. The molecule has 1 aliphatic heterocycles. The van der Waals surface area contributed by atoms with Gasteiger partial charge in [-0.05, 0) is 26.7 Å². The first kappa shape index (κ1) is 14.1. The molecular weight excluding hydrogens is 292 g/mol. The smallest absolute Gasteiger partial charge is 0.182 e. The zero-order chi connectivity index (χ0) is 15.8. The van der Waals surface area contributed by atoms with Crippen molar-refractivity contribution in [3.05, 3.63) is 24.8 Å². The fourth-order valence-corrected chi connectivity index (χ4v) is 3.31. The number of aromatic nitrogens is 7.